The molecule has 0 unspecified atom stereocenters. The van der Waals surface area contributed by atoms with Crippen LogP contribution in [-0.2, 0) is 13.2 Å². The maximum absolute atomic E-state index is 8.87. The Morgan fingerprint density at radius 2 is 2.18 bits per heavy atom. The van der Waals surface area contributed by atoms with Crippen LogP contribution in [0, 0.1) is 6.92 Å². The van der Waals surface area contributed by atoms with Crippen molar-refractivity contribution in [2.24, 2.45) is 0 Å². The number of furan rings is 1. The maximum atomic E-state index is 8.87. The summed E-state index contributed by atoms with van der Waals surface area (Å²) >= 11 is 5.95. The third kappa shape index (κ3) is 2.99. The van der Waals surface area contributed by atoms with E-state index in [0.717, 1.165) is 17.0 Å². The van der Waals surface area contributed by atoms with Crippen molar-refractivity contribution in [3.8, 4) is 0 Å². The van der Waals surface area contributed by atoms with Gasteiger partial charge in [0.25, 0.3) is 0 Å². The predicted molar refractivity (Wildman–Crippen MR) is 65.9 cm³/mol. The number of aryl methyl sites for hydroxylation is 1. The molecule has 2 N–H and O–H groups in total. The smallest absolute Gasteiger partial charge is 0.152 e. The number of hydrogen-bond acceptors (Lipinski definition) is 4. The molecule has 0 aromatic carbocycles. The van der Waals surface area contributed by atoms with Gasteiger partial charge >= 0.3 is 0 Å². The van der Waals surface area contributed by atoms with E-state index in [0.29, 0.717) is 17.5 Å². The molecule has 2 aromatic rings. The fourth-order valence-electron chi connectivity index (χ4n) is 1.46. The second-order valence-electron chi connectivity index (χ2n) is 3.73. The van der Waals surface area contributed by atoms with E-state index in [2.05, 4.69) is 10.3 Å². The topological polar surface area (TPSA) is 58.3 Å². The number of aliphatic hydroxyl groups excluding tert-OH is 1. The molecule has 0 aliphatic heterocycles. The van der Waals surface area contributed by atoms with Crippen molar-refractivity contribution in [1.82, 2.24) is 4.98 Å². The average molecular weight is 253 g/mol. The van der Waals surface area contributed by atoms with Crippen molar-refractivity contribution in [3.05, 3.63) is 46.6 Å². The summed E-state index contributed by atoms with van der Waals surface area (Å²) in [4.78, 5) is 4.04. The van der Waals surface area contributed by atoms with E-state index in [1.54, 1.807) is 12.3 Å². The van der Waals surface area contributed by atoms with Gasteiger partial charge in [-0.25, -0.2) is 4.98 Å². The van der Waals surface area contributed by atoms with Gasteiger partial charge in [0.2, 0.25) is 0 Å². The second-order valence-corrected chi connectivity index (χ2v) is 4.09. The van der Waals surface area contributed by atoms with Gasteiger partial charge in [-0.3, -0.25) is 0 Å². The van der Waals surface area contributed by atoms with Gasteiger partial charge in [0.05, 0.1) is 12.2 Å². The van der Waals surface area contributed by atoms with E-state index >= 15 is 0 Å². The van der Waals surface area contributed by atoms with Crippen LogP contribution in [0.4, 0.5) is 5.69 Å². The van der Waals surface area contributed by atoms with Gasteiger partial charge in [0, 0.05) is 6.20 Å². The Hall–Kier alpha value is -1.52. The van der Waals surface area contributed by atoms with Gasteiger partial charge in [-0.2, -0.15) is 0 Å². The van der Waals surface area contributed by atoms with Crippen molar-refractivity contribution < 1.29 is 9.52 Å². The van der Waals surface area contributed by atoms with Crippen LogP contribution in [0.15, 0.2) is 28.8 Å². The highest BCUT2D eigenvalue weighted by Crippen LogP contribution is 2.20. The molecule has 0 amide bonds. The van der Waals surface area contributed by atoms with Crippen LogP contribution in [0.25, 0.3) is 0 Å². The molecule has 0 aliphatic rings. The lowest BCUT2D eigenvalue weighted by atomic mass is 10.3. The molecule has 2 rings (SSSR count). The van der Waals surface area contributed by atoms with E-state index in [1.165, 1.54) is 0 Å². The van der Waals surface area contributed by atoms with E-state index < -0.39 is 0 Å². The van der Waals surface area contributed by atoms with Crippen molar-refractivity contribution >= 4 is 17.3 Å². The van der Waals surface area contributed by atoms with Gasteiger partial charge in [0.15, 0.2) is 5.15 Å². The van der Waals surface area contributed by atoms with E-state index in [-0.39, 0.29) is 6.61 Å². The zero-order valence-corrected chi connectivity index (χ0v) is 10.2. The molecule has 0 saturated heterocycles. The van der Waals surface area contributed by atoms with Gasteiger partial charge in [-0.15, -0.1) is 0 Å². The first-order chi connectivity index (χ1) is 8.19. The van der Waals surface area contributed by atoms with Crippen LogP contribution in [0.1, 0.15) is 17.1 Å². The van der Waals surface area contributed by atoms with Gasteiger partial charge in [-0.05, 0) is 30.7 Å². The summed E-state index contributed by atoms with van der Waals surface area (Å²) < 4.78 is 5.35. The first-order valence-corrected chi connectivity index (χ1v) is 5.61. The Morgan fingerprint density at radius 1 is 1.41 bits per heavy atom. The van der Waals surface area contributed by atoms with Crippen molar-refractivity contribution in [2.75, 3.05) is 5.32 Å². The quantitative estimate of drug-likeness (QED) is 0.822. The first-order valence-electron chi connectivity index (χ1n) is 5.23. The number of anilines is 1. The minimum Gasteiger partial charge on any atom is -0.462 e. The van der Waals surface area contributed by atoms with Gasteiger partial charge in [0.1, 0.15) is 18.1 Å². The Morgan fingerprint density at radius 3 is 2.88 bits per heavy atom. The van der Waals surface area contributed by atoms with Crippen LogP contribution < -0.4 is 5.32 Å². The summed E-state index contributed by atoms with van der Waals surface area (Å²) in [5.41, 5.74) is 1.81. The Kier molecular flexibility index (Phi) is 3.66. The zero-order chi connectivity index (χ0) is 12.3. The number of pyridine rings is 1. The summed E-state index contributed by atoms with van der Waals surface area (Å²) in [5, 5.41) is 12.4. The largest absolute Gasteiger partial charge is 0.462 e. The fourth-order valence-corrected chi connectivity index (χ4v) is 1.63. The van der Waals surface area contributed by atoms with Crippen LogP contribution in [-0.4, -0.2) is 10.1 Å². The van der Waals surface area contributed by atoms with Crippen molar-refractivity contribution in [3.63, 3.8) is 0 Å². The number of nitrogens with zero attached hydrogens (tertiary/aromatic N) is 1. The number of aromatic nitrogens is 1. The molecule has 0 atom stereocenters. The highest BCUT2D eigenvalue weighted by Gasteiger charge is 2.04. The van der Waals surface area contributed by atoms with E-state index in [9.17, 15) is 0 Å². The number of aliphatic hydroxyl groups is 1. The molecule has 0 aliphatic carbocycles. The SMILES string of the molecule is Cc1cnc(Cl)c(NCc2ccc(CO)o2)c1. The highest BCUT2D eigenvalue weighted by molar-refractivity contribution is 6.31. The normalized spacial score (nSPS) is 10.5. The van der Waals surface area contributed by atoms with Crippen LogP contribution in [0.2, 0.25) is 5.15 Å². The van der Waals surface area contributed by atoms with Gasteiger partial charge in [-0.1, -0.05) is 11.6 Å². The summed E-state index contributed by atoms with van der Waals surface area (Å²) in [6.07, 6.45) is 1.71. The molecule has 0 saturated carbocycles. The van der Waals surface area contributed by atoms with Gasteiger partial charge < -0.3 is 14.8 Å². The summed E-state index contributed by atoms with van der Waals surface area (Å²) in [6.45, 7) is 2.36. The summed E-state index contributed by atoms with van der Waals surface area (Å²) in [7, 11) is 0. The Labute approximate surface area is 104 Å². The fraction of sp³-hybridized carbons (Fsp3) is 0.250. The standard InChI is InChI=1S/C12H13ClN2O2/c1-8-4-11(12(13)15-5-8)14-6-9-2-3-10(7-16)17-9/h2-5,14,16H,6-7H2,1H3. The lowest BCUT2D eigenvalue weighted by Gasteiger charge is -2.06. The highest BCUT2D eigenvalue weighted by atomic mass is 35.5. The summed E-state index contributed by atoms with van der Waals surface area (Å²) in [6, 6.07) is 5.48. The number of nitrogens with one attached hydrogen (secondary N) is 1. The molecule has 0 radical (unpaired) electrons. The molecule has 17 heavy (non-hydrogen) atoms. The maximum Gasteiger partial charge on any atom is 0.152 e. The Bertz CT molecular complexity index is 511. The molecule has 2 heterocycles. The van der Waals surface area contributed by atoms with Crippen molar-refractivity contribution in [2.45, 2.75) is 20.1 Å². The molecular weight excluding hydrogens is 240 g/mol. The minimum absolute atomic E-state index is 0.0905. The predicted octanol–water partition coefficient (Wildman–Crippen LogP) is 2.74. The molecule has 4 nitrogen and oxygen atoms in total. The number of rotatable bonds is 4. The number of hydrogen-bond donors (Lipinski definition) is 2. The first kappa shape index (κ1) is 12.0. The van der Waals surface area contributed by atoms with Crippen LogP contribution in [0.3, 0.4) is 0 Å². The van der Waals surface area contributed by atoms with Crippen LogP contribution >= 0.6 is 11.6 Å². The Balaban J connectivity index is 2.04. The lowest BCUT2D eigenvalue weighted by Crippen LogP contribution is -2.00. The second kappa shape index (κ2) is 5.21. The van der Waals surface area contributed by atoms with Crippen molar-refractivity contribution in [1.29, 1.82) is 0 Å². The molecule has 0 fully saturated rings. The van der Waals surface area contributed by atoms with Crippen LogP contribution in [0.5, 0.6) is 0 Å². The average Bonchev–Trinajstić information content (AvgIpc) is 2.78. The molecule has 0 spiro atoms. The monoisotopic (exact) mass is 252 g/mol. The molecule has 0 bridgehead atoms. The number of halogens is 1. The molecule has 5 heteroatoms. The third-order valence-corrected chi connectivity index (χ3v) is 2.60. The lowest BCUT2D eigenvalue weighted by molar-refractivity contribution is 0.244. The third-order valence-electron chi connectivity index (χ3n) is 2.30. The zero-order valence-electron chi connectivity index (χ0n) is 9.40. The minimum atomic E-state index is -0.0905. The van der Waals surface area contributed by atoms with E-state index in [1.807, 2.05) is 19.1 Å². The molecular formula is C12H13ClN2O2. The molecule has 90 valence electrons. The molecule has 2 aromatic heterocycles. The summed E-state index contributed by atoms with van der Waals surface area (Å²) in [5.74, 6) is 1.29. The van der Waals surface area contributed by atoms with E-state index in [4.69, 9.17) is 21.1 Å².